The quantitative estimate of drug-likeness (QED) is 0.227. The molecule has 2 aromatic carbocycles. The second kappa shape index (κ2) is 10.4. The Hall–Kier alpha value is -2.27. The van der Waals surface area contributed by atoms with Crippen molar-refractivity contribution in [2.24, 2.45) is 5.10 Å². The van der Waals surface area contributed by atoms with Crippen LogP contribution in [0.1, 0.15) is 31.7 Å². The van der Waals surface area contributed by atoms with E-state index in [0.29, 0.717) is 28.9 Å². The van der Waals surface area contributed by atoms with Crippen LogP contribution in [0.4, 0.5) is 0 Å². The number of nitrogens with zero attached hydrogens (tertiary/aromatic N) is 3. The lowest BCUT2D eigenvalue weighted by atomic mass is 10.2. The van der Waals surface area contributed by atoms with Crippen molar-refractivity contribution in [2.75, 3.05) is 7.11 Å². The normalized spacial score (nSPS) is 12.3. The Morgan fingerprint density at radius 3 is 2.77 bits per heavy atom. The molecule has 9 heteroatoms. The minimum atomic E-state index is -0.712. The van der Waals surface area contributed by atoms with Gasteiger partial charge >= 0.3 is 5.97 Å². The average molecular weight is 598 g/mol. The lowest BCUT2D eigenvalue weighted by Gasteiger charge is -2.14. The molecule has 3 rings (SSSR count). The number of fused-ring (bicyclic) bond motifs is 1. The number of rotatable bonds is 7. The molecule has 0 radical (unpaired) electrons. The van der Waals surface area contributed by atoms with Crippen LogP contribution < -0.4 is 10.3 Å². The number of aromatic nitrogens is 2. The van der Waals surface area contributed by atoms with E-state index in [-0.39, 0.29) is 5.56 Å². The van der Waals surface area contributed by atoms with Gasteiger partial charge in [-0.15, -0.1) is 0 Å². The van der Waals surface area contributed by atoms with E-state index in [0.717, 1.165) is 20.0 Å². The predicted octanol–water partition coefficient (Wildman–Crippen LogP) is 4.54. The fraction of sp³-hybridized carbons (Fsp3) is 0.273. The Morgan fingerprint density at radius 1 is 1.32 bits per heavy atom. The van der Waals surface area contributed by atoms with Gasteiger partial charge in [-0.3, -0.25) is 4.79 Å². The minimum absolute atomic E-state index is 0.215. The summed E-state index contributed by atoms with van der Waals surface area (Å²) in [5.41, 5.74) is 1.22. The van der Waals surface area contributed by atoms with E-state index >= 15 is 0 Å². The number of carbonyl (C=O) groups is 1. The Balaban J connectivity index is 1.94. The summed E-state index contributed by atoms with van der Waals surface area (Å²) in [6.45, 7) is 3.66. The van der Waals surface area contributed by atoms with Crippen LogP contribution >= 0.6 is 38.5 Å². The Bertz CT molecular complexity index is 1210. The van der Waals surface area contributed by atoms with Crippen molar-refractivity contribution in [3.8, 4) is 5.75 Å². The first-order valence-electron chi connectivity index (χ1n) is 9.63. The zero-order valence-corrected chi connectivity index (χ0v) is 21.0. The maximum atomic E-state index is 13.1. The number of hydrogen-bond donors (Lipinski definition) is 0. The second-order valence-electron chi connectivity index (χ2n) is 6.77. The zero-order chi connectivity index (χ0) is 22.5. The Morgan fingerprint density at radius 2 is 2.10 bits per heavy atom. The molecule has 0 bridgehead atoms. The van der Waals surface area contributed by atoms with Crippen molar-refractivity contribution in [1.82, 2.24) is 9.66 Å². The van der Waals surface area contributed by atoms with Gasteiger partial charge in [0.2, 0.25) is 0 Å². The first kappa shape index (κ1) is 23.4. The van der Waals surface area contributed by atoms with Gasteiger partial charge in [0.1, 0.15) is 11.6 Å². The molecule has 0 N–H and O–H groups in total. The first-order chi connectivity index (χ1) is 14.8. The number of halogens is 2. The molecular formula is C22H21BrIN3O4. The summed E-state index contributed by atoms with van der Waals surface area (Å²) in [5, 5.41) is 4.93. The van der Waals surface area contributed by atoms with Crippen LogP contribution in [-0.2, 0) is 16.0 Å². The van der Waals surface area contributed by atoms with Crippen molar-refractivity contribution in [3.63, 3.8) is 0 Å². The van der Waals surface area contributed by atoms with Gasteiger partial charge in [0, 0.05) is 10.9 Å². The molecule has 1 aromatic heterocycles. The van der Waals surface area contributed by atoms with Gasteiger partial charge in [-0.2, -0.15) is 9.78 Å². The molecule has 162 valence electrons. The van der Waals surface area contributed by atoms with Crippen molar-refractivity contribution >= 4 is 61.6 Å². The highest BCUT2D eigenvalue weighted by Crippen LogP contribution is 2.23. The van der Waals surface area contributed by atoms with Gasteiger partial charge in [0.15, 0.2) is 6.10 Å². The third-order valence-corrected chi connectivity index (χ3v) is 5.80. The van der Waals surface area contributed by atoms with E-state index in [4.69, 9.17) is 4.74 Å². The van der Waals surface area contributed by atoms with E-state index in [1.54, 1.807) is 31.3 Å². The Kier molecular flexibility index (Phi) is 7.82. The van der Waals surface area contributed by atoms with Crippen molar-refractivity contribution in [1.29, 1.82) is 0 Å². The molecule has 0 fully saturated rings. The second-order valence-corrected chi connectivity index (χ2v) is 8.85. The summed E-state index contributed by atoms with van der Waals surface area (Å²) in [5.74, 6) is 0.733. The molecule has 0 aliphatic rings. The smallest absolute Gasteiger partial charge is 0.346 e. The molecule has 0 spiro atoms. The van der Waals surface area contributed by atoms with Crippen LogP contribution in [0, 0.1) is 3.57 Å². The fourth-order valence-corrected chi connectivity index (χ4v) is 3.95. The summed E-state index contributed by atoms with van der Waals surface area (Å²) in [7, 11) is 1.32. The summed E-state index contributed by atoms with van der Waals surface area (Å²) >= 11 is 5.53. The minimum Gasteiger partial charge on any atom is -0.478 e. The van der Waals surface area contributed by atoms with E-state index in [9.17, 15) is 9.59 Å². The first-order valence-corrected chi connectivity index (χ1v) is 11.5. The number of benzene rings is 2. The molecule has 0 unspecified atom stereocenters. The van der Waals surface area contributed by atoms with E-state index in [1.165, 1.54) is 11.8 Å². The molecule has 7 nitrogen and oxygen atoms in total. The number of aryl methyl sites for hydroxylation is 1. The van der Waals surface area contributed by atoms with Crippen molar-refractivity contribution in [2.45, 2.75) is 32.8 Å². The van der Waals surface area contributed by atoms with Gasteiger partial charge in [-0.1, -0.05) is 22.9 Å². The number of methoxy groups -OCH3 is 1. The average Bonchev–Trinajstić information content (AvgIpc) is 2.75. The van der Waals surface area contributed by atoms with Gasteiger partial charge in [-0.05, 0) is 77.9 Å². The van der Waals surface area contributed by atoms with Crippen LogP contribution in [0.3, 0.4) is 0 Å². The molecular weight excluding hydrogens is 577 g/mol. The SMILES string of the molecule is CCCc1nc2ccc(Br)cc2c(=O)n1N=Cc1ccc(O[C@@H](C)C(=O)OC)c(I)c1. The maximum Gasteiger partial charge on any atom is 0.346 e. The van der Waals surface area contributed by atoms with Crippen LogP contribution in [0.25, 0.3) is 10.9 Å². The number of hydrogen-bond acceptors (Lipinski definition) is 6. The third-order valence-electron chi connectivity index (χ3n) is 4.46. The zero-order valence-electron chi connectivity index (χ0n) is 17.3. The standard InChI is InChI=1S/C22H21BrIN3O4/c1-4-5-20-26-18-8-7-15(23)11-16(18)21(28)27(20)25-12-14-6-9-19(17(24)10-14)31-13(2)22(29)30-3/h6-13H,4-5H2,1-3H3/t13-/m0/s1. The van der Waals surface area contributed by atoms with Crippen molar-refractivity contribution in [3.05, 3.63) is 66.2 Å². The maximum absolute atomic E-state index is 13.1. The number of carbonyl (C=O) groups excluding carboxylic acids is 1. The summed E-state index contributed by atoms with van der Waals surface area (Å²) in [6.07, 6.45) is 2.37. The highest BCUT2D eigenvalue weighted by Gasteiger charge is 2.16. The monoisotopic (exact) mass is 597 g/mol. The van der Waals surface area contributed by atoms with Crippen molar-refractivity contribution < 1.29 is 14.3 Å². The topological polar surface area (TPSA) is 82.8 Å². The number of ether oxygens (including phenoxy) is 2. The highest BCUT2D eigenvalue weighted by molar-refractivity contribution is 14.1. The summed E-state index contributed by atoms with van der Waals surface area (Å²) in [4.78, 5) is 29.3. The van der Waals surface area contributed by atoms with Gasteiger partial charge < -0.3 is 9.47 Å². The predicted molar refractivity (Wildman–Crippen MR) is 132 cm³/mol. The van der Waals surface area contributed by atoms with Gasteiger partial charge in [0.05, 0.1) is 27.8 Å². The molecule has 0 saturated heterocycles. The van der Waals surface area contributed by atoms with Crippen LogP contribution in [0.2, 0.25) is 0 Å². The fourth-order valence-electron chi connectivity index (χ4n) is 2.92. The summed E-state index contributed by atoms with van der Waals surface area (Å²) < 4.78 is 13.3. The summed E-state index contributed by atoms with van der Waals surface area (Å²) in [6, 6.07) is 10.9. The van der Waals surface area contributed by atoms with Gasteiger partial charge in [0.25, 0.3) is 5.56 Å². The van der Waals surface area contributed by atoms with Gasteiger partial charge in [-0.25, -0.2) is 9.78 Å². The van der Waals surface area contributed by atoms with Crippen LogP contribution in [-0.4, -0.2) is 35.1 Å². The highest BCUT2D eigenvalue weighted by atomic mass is 127. The molecule has 0 amide bonds. The molecule has 0 aliphatic heterocycles. The Labute approximate surface area is 201 Å². The third kappa shape index (κ3) is 5.51. The lowest BCUT2D eigenvalue weighted by Crippen LogP contribution is -2.25. The van der Waals surface area contributed by atoms with Crippen LogP contribution in [0.15, 0.2) is 50.8 Å². The molecule has 0 aliphatic carbocycles. The lowest BCUT2D eigenvalue weighted by molar-refractivity contribution is -0.147. The molecule has 1 heterocycles. The van der Waals surface area contributed by atoms with E-state index < -0.39 is 12.1 Å². The number of esters is 1. The molecule has 3 aromatic rings. The molecule has 1 atom stereocenters. The largest absolute Gasteiger partial charge is 0.478 e. The molecule has 0 saturated carbocycles. The van der Waals surface area contributed by atoms with E-state index in [2.05, 4.69) is 53.3 Å². The van der Waals surface area contributed by atoms with E-state index in [1.807, 2.05) is 25.1 Å². The van der Waals surface area contributed by atoms with Crippen LogP contribution in [0.5, 0.6) is 5.75 Å². The molecule has 31 heavy (non-hydrogen) atoms.